The van der Waals surface area contributed by atoms with E-state index in [1.807, 2.05) is 13.8 Å². The first-order chi connectivity index (χ1) is 9.97. The molecule has 6 heteroatoms. The van der Waals surface area contributed by atoms with E-state index in [2.05, 4.69) is 4.98 Å². The first-order valence-corrected chi connectivity index (χ1v) is 6.98. The van der Waals surface area contributed by atoms with Crippen molar-refractivity contribution in [3.8, 4) is 0 Å². The molecule has 6 nitrogen and oxygen atoms in total. The van der Waals surface area contributed by atoms with E-state index in [9.17, 15) is 19.5 Å². The van der Waals surface area contributed by atoms with Gasteiger partial charge in [-0.05, 0) is 25.5 Å². The van der Waals surface area contributed by atoms with E-state index in [0.717, 1.165) is 12.8 Å². The van der Waals surface area contributed by atoms with Crippen LogP contribution in [0.3, 0.4) is 0 Å². The Morgan fingerprint density at radius 2 is 2.10 bits per heavy atom. The highest BCUT2D eigenvalue weighted by molar-refractivity contribution is 6.00. The van der Waals surface area contributed by atoms with Crippen LogP contribution >= 0.6 is 0 Å². The topological polar surface area (TPSA) is 92.2 Å². The number of aromatic amines is 1. The molecule has 0 aliphatic rings. The number of hydrogen-bond acceptors (Lipinski definition) is 3. The van der Waals surface area contributed by atoms with Crippen LogP contribution in [-0.2, 0) is 0 Å². The molecule has 1 aromatic heterocycles. The molecular weight excluding hydrogens is 272 g/mol. The molecule has 0 fully saturated rings. The molecule has 2 rings (SSSR count). The number of hydrogen-bond donors (Lipinski definition) is 2. The Balaban J connectivity index is 2.82. The summed E-state index contributed by atoms with van der Waals surface area (Å²) in [7, 11) is 0. The molecule has 1 unspecified atom stereocenters. The second-order valence-corrected chi connectivity index (χ2v) is 5.13. The van der Waals surface area contributed by atoms with Crippen LogP contribution in [0.4, 0.5) is 0 Å². The molecule has 1 aromatic carbocycles. The minimum absolute atomic E-state index is 0.0178. The zero-order chi connectivity index (χ0) is 15.6. The summed E-state index contributed by atoms with van der Waals surface area (Å²) in [5, 5.41) is 9.32. The van der Waals surface area contributed by atoms with E-state index in [1.165, 1.54) is 10.6 Å². The molecule has 0 amide bonds. The Labute approximate surface area is 121 Å². The van der Waals surface area contributed by atoms with Crippen LogP contribution in [0.2, 0.25) is 0 Å². The summed E-state index contributed by atoms with van der Waals surface area (Å²) in [6.07, 6.45) is 2.58. The normalized spacial score (nSPS) is 12.5. The summed E-state index contributed by atoms with van der Waals surface area (Å²) in [5.74, 6) is -1.12. The van der Waals surface area contributed by atoms with Crippen LogP contribution in [0.1, 0.15) is 49.5 Å². The maximum absolute atomic E-state index is 12.2. The van der Waals surface area contributed by atoms with Crippen molar-refractivity contribution < 1.29 is 9.90 Å². The van der Waals surface area contributed by atoms with Crippen molar-refractivity contribution in [2.45, 2.75) is 39.2 Å². The minimum atomic E-state index is -1.12. The number of unbranched alkanes of at least 4 members (excludes halogenated alkanes) is 1. The van der Waals surface area contributed by atoms with Crippen molar-refractivity contribution in [1.29, 1.82) is 0 Å². The van der Waals surface area contributed by atoms with Crippen molar-refractivity contribution in [2.75, 3.05) is 0 Å². The molecule has 1 heterocycles. The smallest absolute Gasteiger partial charge is 0.337 e. The van der Waals surface area contributed by atoms with Gasteiger partial charge in [-0.3, -0.25) is 14.2 Å². The van der Waals surface area contributed by atoms with Crippen LogP contribution in [0, 0.1) is 0 Å². The summed E-state index contributed by atoms with van der Waals surface area (Å²) in [6.45, 7) is 3.86. The molecule has 0 spiro atoms. The van der Waals surface area contributed by atoms with E-state index < -0.39 is 17.1 Å². The number of carboxylic acid groups (broad SMARTS) is 1. The monoisotopic (exact) mass is 290 g/mol. The second kappa shape index (κ2) is 5.95. The number of aromatic nitrogens is 2. The Morgan fingerprint density at radius 3 is 2.71 bits per heavy atom. The lowest BCUT2D eigenvalue weighted by Crippen LogP contribution is -2.38. The summed E-state index contributed by atoms with van der Waals surface area (Å²) in [4.78, 5) is 37.8. The Morgan fingerprint density at radius 1 is 1.38 bits per heavy atom. The number of carbonyl (C=O) groups is 1. The average Bonchev–Trinajstić information content (AvgIpc) is 2.45. The quantitative estimate of drug-likeness (QED) is 0.825. The van der Waals surface area contributed by atoms with Crippen molar-refractivity contribution in [1.82, 2.24) is 9.55 Å². The van der Waals surface area contributed by atoms with Gasteiger partial charge in [0.1, 0.15) is 0 Å². The standard InChI is InChI=1S/C15H18N2O4/c1-3-4-6-9(2)17-12-10(15(20)21)7-5-8-11(12)16-13(18)14(17)19/h5,7-9H,3-4,6H2,1-2H3,(H,16,18)(H,20,21). The van der Waals surface area contributed by atoms with Crippen molar-refractivity contribution >= 4 is 17.0 Å². The largest absolute Gasteiger partial charge is 0.478 e. The van der Waals surface area contributed by atoms with Crippen molar-refractivity contribution in [3.63, 3.8) is 0 Å². The van der Waals surface area contributed by atoms with E-state index >= 15 is 0 Å². The number of nitrogens with zero attached hydrogens (tertiary/aromatic N) is 1. The third-order valence-electron chi connectivity index (χ3n) is 3.58. The van der Waals surface area contributed by atoms with Gasteiger partial charge in [-0.15, -0.1) is 0 Å². The third-order valence-corrected chi connectivity index (χ3v) is 3.58. The number of para-hydroxylation sites is 1. The third kappa shape index (κ3) is 2.74. The Bertz CT molecular complexity index is 788. The fraction of sp³-hybridized carbons (Fsp3) is 0.400. The van der Waals surface area contributed by atoms with E-state index in [-0.39, 0.29) is 17.1 Å². The van der Waals surface area contributed by atoms with Gasteiger partial charge >= 0.3 is 17.1 Å². The van der Waals surface area contributed by atoms with Gasteiger partial charge in [-0.25, -0.2) is 4.79 Å². The first kappa shape index (κ1) is 15.0. The molecule has 1 atom stereocenters. The summed E-state index contributed by atoms with van der Waals surface area (Å²) in [6, 6.07) is 4.35. The van der Waals surface area contributed by atoms with Crippen LogP contribution in [0.5, 0.6) is 0 Å². The van der Waals surface area contributed by atoms with E-state index in [4.69, 9.17) is 0 Å². The highest BCUT2D eigenvalue weighted by atomic mass is 16.4. The Hall–Kier alpha value is -2.37. The molecule has 0 saturated heterocycles. The number of carboxylic acids is 1. The lowest BCUT2D eigenvalue weighted by atomic mass is 10.1. The summed E-state index contributed by atoms with van der Waals surface area (Å²) in [5.41, 5.74) is -0.779. The lowest BCUT2D eigenvalue weighted by molar-refractivity contribution is 0.0698. The first-order valence-electron chi connectivity index (χ1n) is 6.98. The van der Waals surface area contributed by atoms with Gasteiger partial charge in [0.15, 0.2) is 0 Å². The summed E-state index contributed by atoms with van der Waals surface area (Å²) < 4.78 is 1.31. The number of fused-ring (bicyclic) bond motifs is 1. The minimum Gasteiger partial charge on any atom is -0.478 e. The molecule has 0 aliphatic heterocycles. The van der Waals surface area contributed by atoms with Crippen LogP contribution < -0.4 is 11.1 Å². The predicted octanol–water partition coefficient (Wildman–Crippen LogP) is 2.14. The predicted molar refractivity (Wildman–Crippen MR) is 80.0 cm³/mol. The molecule has 0 bridgehead atoms. The van der Waals surface area contributed by atoms with E-state index in [0.29, 0.717) is 11.9 Å². The van der Waals surface area contributed by atoms with Gasteiger partial charge in [0.05, 0.1) is 16.6 Å². The number of rotatable bonds is 5. The molecule has 2 aromatic rings. The zero-order valence-electron chi connectivity index (χ0n) is 12.0. The zero-order valence-corrected chi connectivity index (χ0v) is 12.0. The maximum Gasteiger partial charge on any atom is 0.337 e. The number of nitrogens with one attached hydrogen (secondary N) is 1. The number of benzene rings is 1. The number of H-pyrrole nitrogens is 1. The fourth-order valence-corrected chi connectivity index (χ4v) is 2.51. The maximum atomic E-state index is 12.2. The van der Waals surface area contributed by atoms with Crippen LogP contribution in [0.15, 0.2) is 27.8 Å². The average molecular weight is 290 g/mol. The SMILES string of the molecule is CCCCC(C)n1c(=O)c(=O)[nH]c2cccc(C(=O)O)c21. The van der Waals surface area contributed by atoms with Gasteiger partial charge in [-0.2, -0.15) is 0 Å². The summed E-state index contributed by atoms with van der Waals surface area (Å²) >= 11 is 0. The van der Waals surface area contributed by atoms with Gasteiger partial charge < -0.3 is 10.1 Å². The number of aromatic carboxylic acids is 1. The molecule has 2 N–H and O–H groups in total. The molecule has 112 valence electrons. The van der Waals surface area contributed by atoms with Gasteiger partial charge in [0.25, 0.3) is 0 Å². The lowest BCUT2D eigenvalue weighted by Gasteiger charge is -2.18. The van der Waals surface area contributed by atoms with E-state index in [1.54, 1.807) is 12.1 Å². The molecular formula is C15H18N2O4. The molecule has 0 saturated carbocycles. The van der Waals surface area contributed by atoms with Gasteiger partial charge in [0, 0.05) is 6.04 Å². The Kier molecular flexibility index (Phi) is 4.26. The highest BCUT2D eigenvalue weighted by Crippen LogP contribution is 2.21. The van der Waals surface area contributed by atoms with Crippen molar-refractivity contribution in [3.05, 3.63) is 44.5 Å². The second-order valence-electron chi connectivity index (χ2n) is 5.13. The van der Waals surface area contributed by atoms with Gasteiger partial charge in [0.2, 0.25) is 0 Å². The van der Waals surface area contributed by atoms with Crippen LogP contribution in [0.25, 0.3) is 11.0 Å². The van der Waals surface area contributed by atoms with Gasteiger partial charge in [-0.1, -0.05) is 25.8 Å². The molecule has 0 aliphatic carbocycles. The molecule has 0 radical (unpaired) electrons. The molecule has 21 heavy (non-hydrogen) atoms. The highest BCUT2D eigenvalue weighted by Gasteiger charge is 2.18. The fourth-order valence-electron chi connectivity index (χ4n) is 2.51. The van der Waals surface area contributed by atoms with Crippen LogP contribution in [-0.4, -0.2) is 20.6 Å². The van der Waals surface area contributed by atoms with Crippen molar-refractivity contribution in [2.24, 2.45) is 0 Å².